The van der Waals surface area contributed by atoms with Gasteiger partial charge in [-0.1, -0.05) is 43.7 Å². The van der Waals surface area contributed by atoms with E-state index in [-0.39, 0.29) is 37.3 Å². The van der Waals surface area contributed by atoms with Crippen LogP contribution in [0.25, 0.3) is 0 Å². The van der Waals surface area contributed by atoms with E-state index in [2.05, 4.69) is 18.7 Å². The second-order valence-electron chi connectivity index (χ2n) is 7.12. The van der Waals surface area contributed by atoms with Gasteiger partial charge in [0.1, 0.15) is 12.7 Å². The molecule has 0 saturated carbocycles. The number of hydrogen-bond acceptors (Lipinski definition) is 5. The van der Waals surface area contributed by atoms with Crippen molar-refractivity contribution in [2.45, 2.75) is 39.7 Å². The molecule has 0 spiro atoms. The number of ketones is 1. The first kappa shape index (κ1) is 19.6. The highest BCUT2D eigenvalue weighted by Crippen LogP contribution is 2.10. The largest absolute Gasteiger partial charge is 0.463 e. The van der Waals surface area contributed by atoms with E-state index in [0.717, 1.165) is 25.2 Å². The smallest absolute Gasteiger partial charge is 0.306 e. The molecule has 0 radical (unpaired) electrons. The molecule has 1 aromatic carbocycles. The van der Waals surface area contributed by atoms with Crippen LogP contribution in [0.5, 0.6) is 0 Å². The molecule has 25 heavy (non-hydrogen) atoms. The van der Waals surface area contributed by atoms with E-state index in [1.165, 1.54) is 0 Å². The van der Waals surface area contributed by atoms with Crippen molar-refractivity contribution >= 4 is 11.8 Å². The summed E-state index contributed by atoms with van der Waals surface area (Å²) < 4.78 is 11.0. The van der Waals surface area contributed by atoms with Crippen molar-refractivity contribution in [3.05, 3.63) is 35.4 Å². The van der Waals surface area contributed by atoms with Crippen LogP contribution in [0.15, 0.2) is 24.3 Å². The van der Waals surface area contributed by atoms with Gasteiger partial charge in [-0.3, -0.25) is 14.5 Å². The van der Waals surface area contributed by atoms with Crippen molar-refractivity contribution in [3.8, 4) is 0 Å². The van der Waals surface area contributed by atoms with Crippen molar-refractivity contribution in [2.75, 3.05) is 32.8 Å². The molecule has 2 rings (SSSR count). The Balaban J connectivity index is 1.68. The number of morpholine rings is 1. The molecule has 1 fully saturated rings. The summed E-state index contributed by atoms with van der Waals surface area (Å²) >= 11 is 0. The monoisotopic (exact) mass is 347 g/mol. The predicted molar refractivity (Wildman–Crippen MR) is 96.7 cm³/mol. The number of aryl methyl sites for hydroxylation is 1. The third kappa shape index (κ3) is 6.96. The van der Waals surface area contributed by atoms with Crippen LogP contribution in [0.4, 0.5) is 0 Å². The highest BCUT2D eigenvalue weighted by Gasteiger charge is 2.22. The van der Waals surface area contributed by atoms with Crippen LogP contribution in [0.2, 0.25) is 0 Å². The number of esters is 1. The fourth-order valence-corrected chi connectivity index (χ4v) is 2.92. The zero-order valence-corrected chi connectivity index (χ0v) is 15.5. The van der Waals surface area contributed by atoms with Crippen molar-refractivity contribution < 1.29 is 19.1 Å². The lowest BCUT2D eigenvalue weighted by atomic mass is 10.1. The molecule has 5 nitrogen and oxygen atoms in total. The third-order valence-corrected chi connectivity index (χ3v) is 4.21. The molecule has 1 unspecified atom stereocenters. The maximum atomic E-state index is 12.1. The maximum Gasteiger partial charge on any atom is 0.306 e. The quantitative estimate of drug-likeness (QED) is 0.535. The Morgan fingerprint density at radius 3 is 2.64 bits per heavy atom. The van der Waals surface area contributed by atoms with Gasteiger partial charge in [0.25, 0.3) is 0 Å². The molecule has 1 saturated heterocycles. The van der Waals surface area contributed by atoms with Gasteiger partial charge >= 0.3 is 5.97 Å². The fourth-order valence-electron chi connectivity index (χ4n) is 2.92. The summed E-state index contributed by atoms with van der Waals surface area (Å²) in [4.78, 5) is 26.3. The summed E-state index contributed by atoms with van der Waals surface area (Å²) in [5.74, 6) is 0.230. The van der Waals surface area contributed by atoms with Gasteiger partial charge in [0.2, 0.25) is 0 Å². The maximum absolute atomic E-state index is 12.1. The molecule has 1 atom stereocenters. The molecule has 5 heteroatoms. The standard InChI is InChI=1S/C20H29NO4/c1-15(2)12-21-10-11-24-18(13-21)14-25-20(23)9-8-19(22)17-6-4-16(3)5-7-17/h4-7,15,18H,8-14H2,1-3H3. The van der Waals surface area contributed by atoms with E-state index >= 15 is 0 Å². The summed E-state index contributed by atoms with van der Waals surface area (Å²) in [5, 5.41) is 0. The zero-order valence-electron chi connectivity index (χ0n) is 15.5. The number of benzene rings is 1. The van der Waals surface area contributed by atoms with Gasteiger partial charge in [0.05, 0.1) is 13.0 Å². The molecule has 138 valence electrons. The minimum atomic E-state index is -0.343. The molecule has 0 N–H and O–H groups in total. The molecule has 0 aliphatic carbocycles. The van der Waals surface area contributed by atoms with Crippen LogP contribution in [0.1, 0.15) is 42.6 Å². The Kier molecular flexibility index (Phi) is 7.59. The summed E-state index contributed by atoms with van der Waals surface area (Å²) in [6.07, 6.45) is 0.200. The Morgan fingerprint density at radius 1 is 1.24 bits per heavy atom. The molecule has 0 bridgehead atoms. The minimum Gasteiger partial charge on any atom is -0.463 e. The first-order chi connectivity index (χ1) is 11.9. The van der Waals surface area contributed by atoms with Crippen LogP contribution in [-0.4, -0.2) is 55.6 Å². The average molecular weight is 347 g/mol. The van der Waals surface area contributed by atoms with E-state index in [1.54, 1.807) is 12.1 Å². The minimum absolute atomic E-state index is 0.0334. The molecule has 1 aliphatic rings. The van der Waals surface area contributed by atoms with Gasteiger partial charge in [-0.05, 0) is 12.8 Å². The summed E-state index contributed by atoms with van der Waals surface area (Å²) in [7, 11) is 0. The summed E-state index contributed by atoms with van der Waals surface area (Å²) in [6, 6.07) is 7.38. The second kappa shape index (κ2) is 9.68. The predicted octanol–water partition coefficient (Wildman–Crippen LogP) is 2.86. The van der Waals surface area contributed by atoms with E-state index in [1.807, 2.05) is 19.1 Å². The fraction of sp³-hybridized carbons (Fsp3) is 0.600. The number of carbonyl (C=O) groups excluding carboxylic acids is 2. The SMILES string of the molecule is Cc1ccc(C(=O)CCC(=O)OCC2CN(CC(C)C)CCO2)cc1. The van der Waals surface area contributed by atoms with Crippen molar-refractivity contribution in [1.82, 2.24) is 4.90 Å². The third-order valence-electron chi connectivity index (χ3n) is 4.21. The Labute approximate surface area is 150 Å². The average Bonchev–Trinajstić information content (AvgIpc) is 2.58. The van der Waals surface area contributed by atoms with Crippen LogP contribution in [-0.2, 0) is 14.3 Å². The second-order valence-corrected chi connectivity index (χ2v) is 7.12. The normalized spacial score (nSPS) is 18.3. The number of carbonyl (C=O) groups is 2. The zero-order chi connectivity index (χ0) is 18.2. The number of nitrogens with zero attached hydrogens (tertiary/aromatic N) is 1. The molecule has 1 aliphatic heterocycles. The Bertz CT molecular complexity index is 568. The Hall–Kier alpha value is -1.72. The summed E-state index contributed by atoms with van der Waals surface area (Å²) in [5.41, 5.74) is 1.74. The molecule has 1 aromatic rings. The van der Waals surface area contributed by atoms with Crippen molar-refractivity contribution in [1.29, 1.82) is 0 Å². The lowest BCUT2D eigenvalue weighted by Gasteiger charge is -2.33. The van der Waals surface area contributed by atoms with Crippen LogP contribution < -0.4 is 0 Å². The first-order valence-electron chi connectivity index (χ1n) is 9.03. The van der Waals surface area contributed by atoms with Gasteiger partial charge in [0, 0.05) is 31.6 Å². The van der Waals surface area contributed by atoms with E-state index in [9.17, 15) is 9.59 Å². The van der Waals surface area contributed by atoms with Crippen molar-refractivity contribution in [2.24, 2.45) is 5.92 Å². The van der Waals surface area contributed by atoms with E-state index < -0.39 is 0 Å². The van der Waals surface area contributed by atoms with Gasteiger partial charge < -0.3 is 9.47 Å². The Morgan fingerprint density at radius 2 is 1.96 bits per heavy atom. The van der Waals surface area contributed by atoms with Crippen LogP contribution in [0.3, 0.4) is 0 Å². The van der Waals surface area contributed by atoms with Crippen LogP contribution >= 0.6 is 0 Å². The van der Waals surface area contributed by atoms with E-state index in [4.69, 9.17) is 9.47 Å². The lowest BCUT2D eigenvalue weighted by molar-refractivity contribution is -0.150. The van der Waals surface area contributed by atoms with Gasteiger partial charge in [-0.2, -0.15) is 0 Å². The molecule has 0 amide bonds. The number of hydrogen-bond donors (Lipinski definition) is 0. The number of ether oxygens (including phenoxy) is 2. The summed E-state index contributed by atoms with van der Waals surface area (Å²) in [6.45, 7) is 10.0. The molecular weight excluding hydrogens is 318 g/mol. The van der Waals surface area contributed by atoms with Gasteiger partial charge in [-0.25, -0.2) is 0 Å². The highest BCUT2D eigenvalue weighted by molar-refractivity contribution is 5.97. The lowest BCUT2D eigenvalue weighted by Crippen LogP contribution is -2.45. The van der Waals surface area contributed by atoms with Gasteiger partial charge in [0.15, 0.2) is 5.78 Å². The number of Topliss-reactive ketones (excluding diaryl/α,β-unsaturated/α-hetero) is 1. The number of rotatable bonds is 8. The topological polar surface area (TPSA) is 55.8 Å². The molecular formula is C20H29NO4. The van der Waals surface area contributed by atoms with Gasteiger partial charge in [-0.15, -0.1) is 0 Å². The van der Waals surface area contributed by atoms with Crippen molar-refractivity contribution in [3.63, 3.8) is 0 Å². The highest BCUT2D eigenvalue weighted by atomic mass is 16.6. The van der Waals surface area contributed by atoms with Crippen LogP contribution in [0, 0.1) is 12.8 Å². The van der Waals surface area contributed by atoms with E-state index in [0.29, 0.717) is 18.1 Å². The molecule has 0 aromatic heterocycles. The first-order valence-corrected chi connectivity index (χ1v) is 9.03. The molecule has 1 heterocycles.